The molecule has 1 aromatic carbocycles. The number of piperidine rings is 1. The Hall–Kier alpha value is -2.50. The van der Waals surface area contributed by atoms with Gasteiger partial charge >= 0.3 is 18.2 Å². The van der Waals surface area contributed by atoms with Gasteiger partial charge in [-0.3, -0.25) is 0 Å². The maximum absolute atomic E-state index is 13.6. The first-order valence-corrected chi connectivity index (χ1v) is 11.7. The van der Waals surface area contributed by atoms with E-state index < -0.39 is 49.7 Å². The molecule has 0 radical (unpaired) electrons. The lowest BCUT2D eigenvalue weighted by Crippen LogP contribution is -2.46. The number of carbonyl (C=O) groups is 2. The number of hydrogen-bond donors (Lipinski definition) is 1. The van der Waals surface area contributed by atoms with Crippen molar-refractivity contribution in [3.63, 3.8) is 0 Å². The number of carbonyl (C=O) groups excluding carboxylic acids is 2. The number of rotatable bonds is 4. The zero-order chi connectivity index (χ0) is 24.5. The van der Waals surface area contributed by atoms with Crippen LogP contribution in [0.4, 0.5) is 23.7 Å². The summed E-state index contributed by atoms with van der Waals surface area (Å²) in [4.78, 5) is 25.0. The van der Waals surface area contributed by atoms with Crippen LogP contribution in [0, 0.1) is 0 Å². The van der Waals surface area contributed by atoms with E-state index in [9.17, 15) is 31.2 Å². The van der Waals surface area contributed by atoms with Crippen LogP contribution in [0.15, 0.2) is 17.0 Å². The fraction of sp³-hybridized carbons (Fsp3) is 0.600. The number of alkyl carbamates (subject to hydrolysis) is 1. The Morgan fingerprint density at radius 1 is 1.12 bits per heavy atom. The summed E-state index contributed by atoms with van der Waals surface area (Å²) in [5, 5.41) is 2.71. The van der Waals surface area contributed by atoms with Gasteiger partial charge in [-0.05, 0) is 45.7 Å². The van der Waals surface area contributed by atoms with Gasteiger partial charge < -0.3 is 19.7 Å². The topological polar surface area (TPSA) is 102 Å². The second-order valence-corrected chi connectivity index (χ2v) is 10.5. The lowest BCUT2D eigenvalue weighted by Gasteiger charge is -2.35. The monoisotopic (exact) mass is 480 g/mol. The number of alkyl halides is 3. The van der Waals surface area contributed by atoms with Crippen LogP contribution >= 0.6 is 0 Å². The van der Waals surface area contributed by atoms with Crippen molar-refractivity contribution in [2.45, 2.75) is 56.3 Å². The number of hydrogen-bond acceptors (Lipinski definition) is 7. The summed E-state index contributed by atoms with van der Waals surface area (Å²) < 4.78 is 75.1. The van der Waals surface area contributed by atoms with E-state index in [4.69, 9.17) is 4.74 Å². The Morgan fingerprint density at radius 3 is 2.12 bits per heavy atom. The van der Waals surface area contributed by atoms with Gasteiger partial charge in [0, 0.05) is 25.4 Å². The number of halogens is 3. The van der Waals surface area contributed by atoms with Gasteiger partial charge in [0.25, 0.3) is 0 Å². The largest absolute Gasteiger partial charge is 0.465 e. The van der Waals surface area contributed by atoms with Crippen LogP contribution in [0.2, 0.25) is 0 Å². The summed E-state index contributed by atoms with van der Waals surface area (Å²) in [6.45, 7) is 5.55. The second kappa shape index (κ2) is 9.16. The number of amides is 1. The number of nitrogens with zero attached hydrogens (tertiary/aromatic N) is 1. The molecule has 1 aromatic rings. The molecule has 32 heavy (non-hydrogen) atoms. The summed E-state index contributed by atoms with van der Waals surface area (Å²) in [6, 6.07) is 1.11. The van der Waals surface area contributed by atoms with Gasteiger partial charge in [0.1, 0.15) is 5.60 Å². The molecule has 0 spiro atoms. The van der Waals surface area contributed by atoms with Crippen molar-refractivity contribution in [1.82, 2.24) is 5.32 Å². The maximum Gasteiger partial charge on any atom is 0.417 e. The Balaban J connectivity index is 2.35. The first kappa shape index (κ1) is 25.8. The fourth-order valence-corrected chi connectivity index (χ4v) is 4.26. The molecule has 12 heteroatoms. The molecule has 1 fully saturated rings. The Bertz CT molecular complexity index is 978. The molecule has 1 aliphatic heterocycles. The van der Waals surface area contributed by atoms with Gasteiger partial charge in [-0.2, -0.15) is 13.2 Å². The standard InChI is InChI=1S/C20H27F3N2O6S/c1-19(2,3)31-18(27)24-12-6-8-25(9-7-12)15-11-14(20(21,22)23)13(17(26)30-4)10-16(15)32(5,28)29/h10-12H,6-9H2,1-5H3,(H,24,27). The van der Waals surface area contributed by atoms with Crippen LogP contribution in [0.5, 0.6) is 0 Å². The van der Waals surface area contributed by atoms with Crippen LogP contribution < -0.4 is 10.2 Å². The normalized spacial score (nSPS) is 15.9. The molecule has 1 amide bonds. The second-order valence-electron chi connectivity index (χ2n) is 8.53. The lowest BCUT2D eigenvalue weighted by molar-refractivity contribution is -0.138. The molecule has 8 nitrogen and oxygen atoms in total. The highest BCUT2D eigenvalue weighted by molar-refractivity contribution is 7.90. The Morgan fingerprint density at radius 2 is 1.69 bits per heavy atom. The third-order valence-electron chi connectivity index (χ3n) is 4.77. The SMILES string of the molecule is COC(=O)c1cc(S(C)(=O)=O)c(N2CCC(NC(=O)OC(C)(C)C)CC2)cc1C(F)(F)F. The van der Waals surface area contributed by atoms with Crippen LogP contribution in [-0.2, 0) is 25.5 Å². The van der Waals surface area contributed by atoms with Gasteiger partial charge in [0.15, 0.2) is 9.84 Å². The van der Waals surface area contributed by atoms with E-state index in [-0.39, 0.29) is 24.8 Å². The minimum atomic E-state index is -4.90. The first-order valence-electron chi connectivity index (χ1n) is 9.81. The van der Waals surface area contributed by atoms with Crippen molar-refractivity contribution in [1.29, 1.82) is 0 Å². The van der Waals surface area contributed by atoms with Gasteiger partial charge in [0.05, 0.1) is 28.8 Å². The zero-order valence-electron chi connectivity index (χ0n) is 18.5. The minimum Gasteiger partial charge on any atom is -0.465 e. The van der Waals surface area contributed by atoms with E-state index in [1.807, 2.05) is 0 Å². The van der Waals surface area contributed by atoms with E-state index in [2.05, 4.69) is 10.1 Å². The molecular formula is C20H27F3N2O6S. The highest BCUT2D eigenvalue weighted by atomic mass is 32.2. The molecule has 1 aliphatic rings. The highest BCUT2D eigenvalue weighted by Gasteiger charge is 2.38. The van der Waals surface area contributed by atoms with E-state index >= 15 is 0 Å². The first-order chi connectivity index (χ1) is 14.5. The Labute approximate surface area is 185 Å². The molecule has 2 rings (SSSR count). The molecule has 0 atom stereocenters. The quantitative estimate of drug-likeness (QED) is 0.659. The predicted molar refractivity (Wildman–Crippen MR) is 110 cm³/mol. The predicted octanol–water partition coefficient (Wildman–Crippen LogP) is 3.39. The number of esters is 1. The average Bonchev–Trinajstić information content (AvgIpc) is 2.64. The summed E-state index contributed by atoms with van der Waals surface area (Å²) in [5.74, 6) is -1.28. The van der Waals surface area contributed by atoms with Crippen LogP contribution in [0.25, 0.3) is 0 Å². The van der Waals surface area contributed by atoms with Crippen LogP contribution in [0.3, 0.4) is 0 Å². The van der Waals surface area contributed by atoms with Crippen molar-refractivity contribution in [2.24, 2.45) is 0 Å². The molecule has 180 valence electrons. The maximum atomic E-state index is 13.6. The van der Waals surface area contributed by atoms with Crippen molar-refractivity contribution >= 4 is 27.6 Å². The molecule has 1 heterocycles. The number of methoxy groups -OCH3 is 1. The van der Waals surface area contributed by atoms with Crippen LogP contribution in [-0.4, -0.2) is 58.6 Å². The summed E-state index contributed by atoms with van der Waals surface area (Å²) >= 11 is 0. The zero-order valence-corrected chi connectivity index (χ0v) is 19.3. The Kier molecular flexibility index (Phi) is 7.38. The van der Waals surface area contributed by atoms with Gasteiger partial charge in [-0.1, -0.05) is 0 Å². The van der Waals surface area contributed by atoms with Crippen LogP contribution in [0.1, 0.15) is 49.5 Å². The smallest absolute Gasteiger partial charge is 0.417 e. The molecule has 1 N–H and O–H groups in total. The number of nitrogens with one attached hydrogen (secondary N) is 1. The van der Waals surface area contributed by atoms with E-state index in [0.29, 0.717) is 25.0 Å². The lowest BCUT2D eigenvalue weighted by atomic mass is 10.0. The summed E-state index contributed by atoms with van der Waals surface area (Å²) in [6.07, 6.45) is -3.91. The average molecular weight is 481 g/mol. The number of sulfone groups is 1. The minimum absolute atomic E-state index is 0.150. The molecule has 0 aromatic heterocycles. The molecule has 0 saturated carbocycles. The van der Waals surface area contributed by atoms with E-state index in [0.717, 1.165) is 13.4 Å². The highest BCUT2D eigenvalue weighted by Crippen LogP contribution is 2.39. The fourth-order valence-electron chi connectivity index (χ4n) is 3.36. The van der Waals surface area contributed by atoms with Gasteiger partial charge in [-0.15, -0.1) is 0 Å². The molecule has 0 bridgehead atoms. The van der Waals surface area contributed by atoms with E-state index in [1.54, 1.807) is 20.8 Å². The molecule has 1 saturated heterocycles. The summed E-state index contributed by atoms with van der Waals surface area (Å²) in [7, 11) is -3.05. The van der Waals surface area contributed by atoms with Crippen molar-refractivity contribution in [2.75, 3.05) is 31.4 Å². The van der Waals surface area contributed by atoms with E-state index in [1.165, 1.54) is 4.90 Å². The van der Waals surface area contributed by atoms with Gasteiger partial charge in [-0.25, -0.2) is 18.0 Å². The third kappa shape index (κ3) is 6.50. The molecular weight excluding hydrogens is 453 g/mol. The third-order valence-corrected chi connectivity index (χ3v) is 5.89. The van der Waals surface area contributed by atoms with Crippen molar-refractivity contribution < 1.29 is 40.7 Å². The summed E-state index contributed by atoms with van der Waals surface area (Å²) in [5.41, 5.74) is -2.97. The van der Waals surface area contributed by atoms with Crippen molar-refractivity contribution in [3.05, 3.63) is 23.3 Å². The van der Waals surface area contributed by atoms with Gasteiger partial charge in [0.2, 0.25) is 0 Å². The molecule has 0 aliphatic carbocycles. The number of ether oxygens (including phenoxy) is 2. The van der Waals surface area contributed by atoms with Crippen molar-refractivity contribution in [3.8, 4) is 0 Å². The number of benzene rings is 1. The molecule has 0 unspecified atom stereocenters. The number of anilines is 1.